The minimum Gasteiger partial charge on any atom is -0.350 e. The van der Waals surface area contributed by atoms with Crippen LogP contribution in [0.2, 0.25) is 0 Å². The summed E-state index contributed by atoms with van der Waals surface area (Å²) in [7, 11) is -3.74. The van der Waals surface area contributed by atoms with E-state index in [1.165, 1.54) is 4.90 Å². The van der Waals surface area contributed by atoms with Gasteiger partial charge in [0.1, 0.15) is 12.6 Å². The standard InChI is InChI=1S/C25H34IN3O4S/c1-7-22(24(31)27-25(3,4)5)28(16-19-10-8-18(2)9-11-19)23(30)17-29(34(6,32)33)21-14-12-20(26)13-15-21/h8-15,22H,7,16-17H2,1-6H3,(H,27,31)/t22-/m1/s1. The van der Waals surface area contributed by atoms with E-state index in [0.29, 0.717) is 12.1 Å². The van der Waals surface area contributed by atoms with Crippen molar-refractivity contribution in [2.45, 2.75) is 59.2 Å². The molecule has 186 valence electrons. The molecule has 7 nitrogen and oxygen atoms in total. The number of nitrogens with zero attached hydrogens (tertiary/aromatic N) is 2. The molecule has 0 spiro atoms. The van der Waals surface area contributed by atoms with Gasteiger partial charge in [0, 0.05) is 15.7 Å². The van der Waals surface area contributed by atoms with Crippen molar-refractivity contribution < 1.29 is 18.0 Å². The third-order valence-corrected chi connectivity index (χ3v) is 7.01. The Morgan fingerprint density at radius 3 is 2.06 bits per heavy atom. The van der Waals surface area contributed by atoms with Gasteiger partial charge in [-0.2, -0.15) is 0 Å². The Labute approximate surface area is 217 Å². The van der Waals surface area contributed by atoms with Crippen LogP contribution in [-0.4, -0.2) is 49.5 Å². The number of amides is 2. The van der Waals surface area contributed by atoms with Crippen molar-refractivity contribution in [2.75, 3.05) is 17.1 Å². The first-order chi connectivity index (χ1) is 15.7. The molecule has 1 N–H and O–H groups in total. The Balaban J connectivity index is 2.43. The maximum absolute atomic E-state index is 13.6. The SMILES string of the molecule is CC[C@H](C(=O)NC(C)(C)C)N(Cc1ccc(C)cc1)C(=O)CN(c1ccc(I)cc1)S(C)(=O)=O. The van der Waals surface area contributed by atoms with Crippen LogP contribution < -0.4 is 9.62 Å². The van der Waals surface area contributed by atoms with Crippen LogP contribution in [0.4, 0.5) is 5.69 Å². The van der Waals surface area contributed by atoms with Gasteiger partial charge >= 0.3 is 0 Å². The fraction of sp³-hybridized carbons (Fsp3) is 0.440. The second-order valence-electron chi connectivity index (χ2n) is 9.42. The smallest absolute Gasteiger partial charge is 0.244 e. The van der Waals surface area contributed by atoms with E-state index in [4.69, 9.17) is 0 Å². The van der Waals surface area contributed by atoms with Gasteiger partial charge in [0.2, 0.25) is 21.8 Å². The molecule has 0 aromatic heterocycles. The zero-order valence-electron chi connectivity index (χ0n) is 20.6. The largest absolute Gasteiger partial charge is 0.350 e. The predicted molar refractivity (Wildman–Crippen MR) is 145 cm³/mol. The van der Waals surface area contributed by atoms with Crippen molar-refractivity contribution >= 4 is 50.1 Å². The molecular formula is C25H34IN3O4S. The minimum atomic E-state index is -3.74. The van der Waals surface area contributed by atoms with Crippen LogP contribution in [-0.2, 0) is 26.2 Å². The van der Waals surface area contributed by atoms with Crippen molar-refractivity contribution in [1.29, 1.82) is 0 Å². The van der Waals surface area contributed by atoms with E-state index >= 15 is 0 Å². The number of hydrogen-bond acceptors (Lipinski definition) is 4. The lowest BCUT2D eigenvalue weighted by atomic mass is 10.1. The number of rotatable bonds is 9. The zero-order valence-corrected chi connectivity index (χ0v) is 23.6. The summed E-state index contributed by atoms with van der Waals surface area (Å²) in [5.74, 6) is -0.712. The number of hydrogen-bond donors (Lipinski definition) is 1. The number of carbonyl (C=O) groups is 2. The quantitative estimate of drug-likeness (QED) is 0.441. The molecule has 9 heteroatoms. The number of benzene rings is 2. The third-order valence-electron chi connectivity index (χ3n) is 5.15. The van der Waals surface area contributed by atoms with Gasteiger partial charge in [-0.25, -0.2) is 8.42 Å². The van der Waals surface area contributed by atoms with Crippen LogP contribution in [0.15, 0.2) is 48.5 Å². The molecule has 0 heterocycles. The molecular weight excluding hydrogens is 565 g/mol. The van der Waals surface area contributed by atoms with E-state index in [1.54, 1.807) is 24.3 Å². The normalized spacial score (nSPS) is 12.7. The van der Waals surface area contributed by atoms with Gasteiger partial charge < -0.3 is 10.2 Å². The lowest BCUT2D eigenvalue weighted by Gasteiger charge is -2.34. The van der Waals surface area contributed by atoms with Gasteiger partial charge in [-0.05, 0) is 86.5 Å². The summed E-state index contributed by atoms with van der Waals surface area (Å²) in [6.07, 6.45) is 1.47. The van der Waals surface area contributed by atoms with E-state index in [9.17, 15) is 18.0 Å². The van der Waals surface area contributed by atoms with Crippen LogP contribution in [0.3, 0.4) is 0 Å². The van der Waals surface area contributed by atoms with Crippen LogP contribution >= 0.6 is 22.6 Å². The summed E-state index contributed by atoms with van der Waals surface area (Å²) in [4.78, 5) is 28.2. The molecule has 2 rings (SSSR count). The molecule has 34 heavy (non-hydrogen) atoms. The van der Waals surface area contributed by atoms with E-state index in [-0.39, 0.29) is 12.5 Å². The summed E-state index contributed by atoms with van der Waals surface area (Å²) in [6.45, 7) is 9.26. The molecule has 0 aliphatic heterocycles. The Kier molecular flexibility index (Phi) is 9.53. The molecule has 1 atom stereocenters. The minimum absolute atomic E-state index is 0.194. The predicted octanol–water partition coefficient (Wildman–Crippen LogP) is 4.09. The summed E-state index contributed by atoms with van der Waals surface area (Å²) in [5, 5.41) is 2.96. The molecule has 2 aromatic carbocycles. The topological polar surface area (TPSA) is 86.8 Å². The lowest BCUT2D eigenvalue weighted by molar-refractivity contribution is -0.141. The Bertz CT molecular complexity index is 1090. The fourth-order valence-electron chi connectivity index (χ4n) is 3.48. The molecule has 2 aromatic rings. The Morgan fingerprint density at radius 2 is 1.59 bits per heavy atom. The van der Waals surface area contributed by atoms with Crippen LogP contribution in [0.5, 0.6) is 0 Å². The molecule has 0 fully saturated rings. The first-order valence-corrected chi connectivity index (χ1v) is 14.0. The number of sulfonamides is 1. The maximum Gasteiger partial charge on any atom is 0.244 e. The first kappa shape index (κ1) is 28.1. The summed E-state index contributed by atoms with van der Waals surface area (Å²) >= 11 is 2.14. The van der Waals surface area contributed by atoms with E-state index in [2.05, 4.69) is 27.9 Å². The van der Waals surface area contributed by atoms with E-state index in [1.807, 2.05) is 58.9 Å². The highest BCUT2D eigenvalue weighted by Gasteiger charge is 2.33. The Morgan fingerprint density at radius 1 is 1.03 bits per heavy atom. The lowest BCUT2D eigenvalue weighted by Crippen LogP contribution is -2.55. The molecule has 0 radical (unpaired) electrons. The van der Waals surface area contributed by atoms with Crippen LogP contribution in [0.25, 0.3) is 0 Å². The summed E-state index contributed by atoms with van der Waals surface area (Å²) in [5.41, 5.74) is 1.88. The number of aryl methyl sites for hydroxylation is 1. The Hall–Kier alpha value is -2.14. The molecule has 2 amide bonds. The van der Waals surface area contributed by atoms with Gasteiger partial charge in [-0.3, -0.25) is 13.9 Å². The van der Waals surface area contributed by atoms with Gasteiger partial charge in [-0.15, -0.1) is 0 Å². The van der Waals surface area contributed by atoms with E-state index in [0.717, 1.165) is 25.3 Å². The third kappa shape index (κ3) is 8.26. The number of nitrogens with one attached hydrogen (secondary N) is 1. The maximum atomic E-state index is 13.6. The van der Waals surface area contributed by atoms with E-state index < -0.39 is 34.1 Å². The van der Waals surface area contributed by atoms with Crippen molar-refractivity contribution in [3.8, 4) is 0 Å². The zero-order chi connectivity index (χ0) is 25.7. The fourth-order valence-corrected chi connectivity index (χ4v) is 4.69. The summed E-state index contributed by atoms with van der Waals surface area (Å²) < 4.78 is 27.2. The highest BCUT2D eigenvalue weighted by atomic mass is 127. The summed E-state index contributed by atoms with van der Waals surface area (Å²) in [6, 6.07) is 13.9. The highest BCUT2D eigenvalue weighted by molar-refractivity contribution is 14.1. The average Bonchev–Trinajstić information content (AvgIpc) is 2.72. The average molecular weight is 600 g/mol. The molecule has 0 aliphatic rings. The molecule has 0 saturated heterocycles. The van der Waals surface area contributed by atoms with Gasteiger partial charge in [0.25, 0.3) is 0 Å². The second-order valence-corrected chi connectivity index (χ2v) is 12.6. The number of halogens is 1. The highest BCUT2D eigenvalue weighted by Crippen LogP contribution is 2.21. The van der Waals surface area contributed by atoms with Crippen molar-refractivity contribution in [1.82, 2.24) is 10.2 Å². The van der Waals surface area contributed by atoms with Gasteiger partial charge in [0.05, 0.1) is 11.9 Å². The second kappa shape index (κ2) is 11.5. The number of carbonyl (C=O) groups excluding carboxylic acids is 2. The van der Waals surface area contributed by atoms with Gasteiger partial charge in [-0.1, -0.05) is 36.8 Å². The molecule has 0 bridgehead atoms. The van der Waals surface area contributed by atoms with Crippen molar-refractivity contribution in [3.05, 3.63) is 63.2 Å². The van der Waals surface area contributed by atoms with Crippen molar-refractivity contribution in [2.24, 2.45) is 0 Å². The molecule has 0 unspecified atom stereocenters. The van der Waals surface area contributed by atoms with Crippen LogP contribution in [0.1, 0.15) is 45.2 Å². The van der Waals surface area contributed by atoms with Gasteiger partial charge in [0.15, 0.2) is 0 Å². The van der Waals surface area contributed by atoms with Crippen molar-refractivity contribution in [3.63, 3.8) is 0 Å². The molecule has 0 aliphatic carbocycles. The monoisotopic (exact) mass is 599 g/mol. The number of anilines is 1. The van der Waals surface area contributed by atoms with Crippen LogP contribution in [0, 0.1) is 10.5 Å². The first-order valence-electron chi connectivity index (χ1n) is 11.1. The molecule has 0 saturated carbocycles.